The Morgan fingerprint density at radius 3 is 2.83 bits per heavy atom. The van der Waals surface area contributed by atoms with E-state index in [1.165, 1.54) is 18.5 Å². The van der Waals surface area contributed by atoms with Crippen molar-refractivity contribution >= 4 is 21.7 Å². The molecule has 1 aromatic carbocycles. The van der Waals surface area contributed by atoms with Crippen LogP contribution in [0.5, 0.6) is 0 Å². The molecule has 0 atom stereocenters. The Bertz CT molecular complexity index is 1040. The summed E-state index contributed by atoms with van der Waals surface area (Å²) in [5.74, 6) is -0.313. The molecule has 24 heavy (non-hydrogen) atoms. The molecule has 1 N–H and O–H groups in total. The summed E-state index contributed by atoms with van der Waals surface area (Å²) >= 11 is 1.12. The number of hydrogen-bond acceptors (Lipinski definition) is 5. The maximum Gasteiger partial charge on any atom is 0.272 e. The molecule has 0 amide bonds. The lowest BCUT2D eigenvalue weighted by atomic mass is 10.1. The molecular formula is C16H12FN5OS. The first kappa shape index (κ1) is 14.7. The lowest BCUT2D eigenvalue weighted by Gasteiger charge is -2.04. The monoisotopic (exact) mass is 341 g/mol. The van der Waals surface area contributed by atoms with Crippen molar-refractivity contribution < 1.29 is 4.39 Å². The van der Waals surface area contributed by atoms with Crippen LogP contribution in [0.4, 0.5) is 4.39 Å². The fourth-order valence-corrected chi connectivity index (χ4v) is 3.28. The Labute approximate surface area is 139 Å². The number of imidazole rings is 1. The first-order valence-electron chi connectivity index (χ1n) is 7.30. The van der Waals surface area contributed by atoms with E-state index in [0.717, 1.165) is 22.8 Å². The standard InChI is InChI=1S/C16H12FN5OS/c17-11-3-1-10(2-4-11)13-14-15(24-21-13)16(23)22(9-20-14)6-5-12-7-18-8-19-12/h1-4,7-9H,5-6H2,(H,18,19). The van der Waals surface area contributed by atoms with Crippen molar-refractivity contribution in [2.75, 3.05) is 0 Å². The van der Waals surface area contributed by atoms with Gasteiger partial charge in [-0.3, -0.25) is 9.36 Å². The van der Waals surface area contributed by atoms with Crippen molar-refractivity contribution in [3.8, 4) is 11.3 Å². The molecule has 0 aliphatic heterocycles. The van der Waals surface area contributed by atoms with Crippen molar-refractivity contribution in [2.45, 2.75) is 13.0 Å². The van der Waals surface area contributed by atoms with E-state index in [1.54, 1.807) is 29.2 Å². The van der Waals surface area contributed by atoms with Gasteiger partial charge in [-0.25, -0.2) is 14.4 Å². The third-order valence-corrected chi connectivity index (χ3v) is 4.57. The average molecular weight is 341 g/mol. The van der Waals surface area contributed by atoms with E-state index in [1.807, 2.05) is 0 Å². The van der Waals surface area contributed by atoms with Crippen LogP contribution in [0.25, 0.3) is 21.5 Å². The van der Waals surface area contributed by atoms with Gasteiger partial charge in [-0.2, -0.15) is 4.37 Å². The van der Waals surface area contributed by atoms with E-state index in [-0.39, 0.29) is 11.4 Å². The van der Waals surface area contributed by atoms with E-state index >= 15 is 0 Å². The molecule has 0 radical (unpaired) electrons. The first-order valence-corrected chi connectivity index (χ1v) is 8.08. The van der Waals surface area contributed by atoms with Gasteiger partial charge >= 0.3 is 0 Å². The zero-order valence-electron chi connectivity index (χ0n) is 12.4. The minimum atomic E-state index is -0.313. The van der Waals surface area contributed by atoms with Crippen LogP contribution in [-0.2, 0) is 13.0 Å². The number of halogens is 1. The smallest absolute Gasteiger partial charge is 0.272 e. The third kappa shape index (κ3) is 2.61. The second-order valence-corrected chi connectivity index (χ2v) is 6.06. The normalized spacial score (nSPS) is 11.2. The highest BCUT2D eigenvalue weighted by Crippen LogP contribution is 2.27. The number of nitrogens with one attached hydrogen (secondary N) is 1. The predicted molar refractivity (Wildman–Crippen MR) is 89.4 cm³/mol. The molecule has 0 saturated carbocycles. The number of aromatic amines is 1. The summed E-state index contributed by atoms with van der Waals surface area (Å²) in [6.07, 6.45) is 5.53. The lowest BCUT2D eigenvalue weighted by molar-refractivity contribution is 0.628. The number of hydrogen-bond donors (Lipinski definition) is 1. The molecule has 4 aromatic rings. The highest BCUT2D eigenvalue weighted by atomic mass is 32.1. The zero-order chi connectivity index (χ0) is 16.5. The summed E-state index contributed by atoms with van der Waals surface area (Å²) in [7, 11) is 0. The molecule has 0 aliphatic rings. The van der Waals surface area contributed by atoms with Crippen LogP contribution >= 0.6 is 11.5 Å². The topological polar surface area (TPSA) is 76.5 Å². The van der Waals surface area contributed by atoms with Crippen LogP contribution in [0.1, 0.15) is 5.69 Å². The van der Waals surface area contributed by atoms with Crippen molar-refractivity contribution in [1.82, 2.24) is 23.9 Å². The molecule has 3 heterocycles. The fraction of sp³-hybridized carbons (Fsp3) is 0.125. The van der Waals surface area contributed by atoms with Crippen LogP contribution < -0.4 is 5.56 Å². The quantitative estimate of drug-likeness (QED) is 0.619. The Morgan fingerprint density at radius 2 is 2.08 bits per heavy atom. The maximum absolute atomic E-state index is 13.1. The molecule has 8 heteroatoms. The van der Waals surface area contributed by atoms with Crippen LogP contribution in [-0.4, -0.2) is 23.9 Å². The number of rotatable bonds is 4. The molecule has 0 fully saturated rings. The molecule has 0 saturated heterocycles. The zero-order valence-corrected chi connectivity index (χ0v) is 13.3. The molecule has 0 spiro atoms. The Hall–Kier alpha value is -2.87. The minimum absolute atomic E-state index is 0.120. The molecule has 3 aromatic heterocycles. The number of benzene rings is 1. The van der Waals surface area contributed by atoms with E-state index in [4.69, 9.17) is 0 Å². The molecular weight excluding hydrogens is 329 g/mol. The van der Waals surface area contributed by atoms with Gasteiger partial charge in [0.25, 0.3) is 5.56 Å². The summed E-state index contributed by atoms with van der Waals surface area (Å²) in [5, 5.41) is 0. The SMILES string of the molecule is O=c1c2snc(-c3ccc(F)cc3)c2ncn1CCc1cnc[nH]1. The average Bonchev–Trinajstić information content (AvgIpc) is 3.25. The number of aromatic nitrogens is 5. The van der Waals surface area contributed by atoms with Crippen molar-refractivity contribution in [3.63, 3.8) is 0 Å². The third-order valence-electron chi connectivity index (χ3n) is 3.74. The fourth-order valence-electron chi connectivity index (χ4n) is 2.47. The van der Waals surface area contributed by atoms with E-state index in [9.17, 15) is 9.18 Å². The van der Waals surface area contributed by atoms with Crippen LogP contribution in [0.3, 0.4) is 0 Å². The Kier molecular flexibility index (Phi) is 3.66. The van der Waals surface area contributed by atoms with Gasteiger partial charge in [0.1, 0.15) is 21.7 Å². The molecule has 0 bridgehead atoms. The van der Waals surface area contributed by atoms with E-state index in [0.29, 0.717) is 28.9 Å². The Balaban J connectivity index is 1.70. The molecule has 4 rings (SSSR count). The van der Waals surface area contributed by atoms with Gasteiger partial charge in [-0.05, 0) is 35.8 Å². The second kappa shape index (κ2) is 5.97. The summed E-state index contributed by atoms with van der Waals surface area (Å²) in [6, 6.07) is 6.00. The van der Waals surface area contributed by atoms with Gasteiger partial charge in [0.15, 0.2) is 0 Å². The highest BCUT2D eigenvalue weighted by molar-refractivity contribution is 7.13. The lowest BCUT2D eigenvalue weighted by Crippen LogP contribution is -2.20. The van der Waals surface area contributed by atoms with Crippen LogP contribution in [0, 0.1) is 5.82 Å². The highest BCUT2D eigenvalue weighted by Gasteiger charge is 2.14. The maximum atomic E-state index is 13.1. The molecule has 0 aliphatic carbocycles. The van der Waals surface area contributed by atoms with Gasteiger partial charge in [-0.15, -0.1) is 0 Å². The van der Waals surface area contributed by atoms with Gasteiger partial charge in [0, 0.05) is 30.4 Å². The van der Waals surface area contributed by atoms with Gasteiger partial charge in [0.05, 0.1) is 12.7 Å². The largest absolute Gasteiger partial charge is 0.348 e. The summed E-state index contributed by atoms with van der Waals surface area (Å²) < 4.78 is 19.5. The minimum Gasteiger partial charge on any atom is -0.348 e. The molecule has 6 nitrogen and oxygen atoms in total. The van der Waals surface area contributed by atoms with Gasteiger partial charge < -0.3 is 4.98 Å². The second-order valence-electron chi connectivity index (χ2n) is 5.29. The van der Waals surface area contributed by atoms with Gasteiger partial charge in [0.2, 0.25) is 0 Å². The van der Waals surface area contributed by atoms with E-state index in [2.05, 4.69) is 19.3 Å². The van der Waals surface area contributed by atoms with E-state index < -0.39 is 0 Å². The number of nitrogens with zero attached hydrogens (tertiary/aromatic N) is 4. The van der Waals surface area contributed by atoms with Crippen molar-refractivity contribution in [2.24, 2.45) is 0 Å². The number of H-pyrrole nitrogens is 1. The van der Waals surface area contributed by atoms with Crippen LogP contribution in [0.2, 0.25) is 0 Å². The van der Waals surface area contributed by atoms with Crippen LogP contribution in [0.15, 0.2) is 47.9 Å². The Morgan fingerprint density at radius 1 is 1.25 bits per heavy atom. The molecule has 0 unspecified atom stereocenters. The van der Waals surface area contributed by atoms with Crippen molar-refractivity contribution in [1.29, 1.82) is 0 Å². The van der Waals surface area contributed by atoms with Gasteiger partial charge in [-0.1, -0.05) is 0 Å². The van der Waals surface area contributed by atoms with Crippen molar-refractivity contribution in [3.05, 3.63) is 65.0 Å². The molecule has 120 valence electrons. The first-order chi connectivity index (χ1) is 11.7. The summed E-state index contributed by atoms with van der Waals surface area (Å²) in [4.78, 5) is 23.9. The summed E-state index contributed by atoms with van der Waals surface area (Å²) in [5.41, 5.74) is 2.73. The summed E-state index contributed by atoms with van der Waals surface area (Å²) in [6.45, 7) is 0.508. The number of aryl methyl sites for hydroxylation is 2. The predicted octanol–water partition coefficient (Wildman–Crippen LogP) is 2.62. The number of fused-ring (bicyclic) bond motifs is 1.